The summed E-state index contributed by atoms with van der Waals surface area (Å²) in [5.74, 6) is -0.269. The van der Waals surface area contributed by atoms with E-state index in [2.05, 4.69) is 4.99 Å². The molecule has 27 heavy (non-hydrogen) atoms. The van der Waals surface area contributed by atoms with Crippen LogP contribution in [0.25, 0.3) is 12.2 Å². The summed E-state index contributed by atoms with van der Waals surface area (Å²) in [6, 6.07) is 12.8. The molecule has 2 N–H and O–H groups in total. The van der Waals surface area contributed by atoms with Crippen LogP contribution in [0.2, 0.25) is 5.02 Å². The van der Waals surface area contributed by atoms with Gasteiger partial charge in [-0.05, 0) is 61.6 Å². The minimum atomic E-state index is -0.725. The third kappa shape index (κ3) is 3.59. The lowest BCUT2D eigenvalue weighted by Gasteiger charge is -2.48. The third-order valence-electron chi connectivity index (χ3n) is 5.52. The molecule has 4 rings (SSSR count). The number of rotatable bonds is 3. The maximum atomic E-state index is 14.7. The Bertz CT molecular complexity index is 918. The van der Waals surface area contributed by atoms with Gasteiger partial charge >= 0.3 is 0 Å². The number of nitrogens with two attached hydrogens (primary N) is 1. The highest BCUT2D eigenvalue weighted by Gasteiger charge is 2.50. The van der Waals surface area contributed by atoms with Gasteiger partial charge in [0.1, 0.15) is 11.4 Å². The van der Waals surface area contributed by atoms with E-state index in [9.17, 15) is 4.39 Å². The van der Waals surface area contributed by atoms with E-state index in [0.29, 0.717) is 17.0 Å². The Balaban J connectivity index is 1.66. The molecule has 0 unspecified atom stereocenters. The predicted molar refractivity (Wildman–Crippen MR) is 108 cm³/mol. The van der Waals surface area contributed by atoms with Crippen LogP contribution in [-0.4, -0.2) is 11.6 Å². The number of hydrogen-bond acceptors (Lipinski definition) is 3. The molecule has 0 saturated heterocycles. The lowest BCUT2D eigenvalue weighted by molar-refractivity contribution is -0.0583. The van der Waals surface area contributed by atoms with Crippen LogP contribution in [0.4, 0.5) is 4.39 Å². The first-order valence-electron chi connectivity index (χ1n) is 9.16. The quantitative estimate of drug-likeness (QED) is 0.708. The van der Waals surface area contributed by atoms with E-state index in [0.717, 1.165) is 30.4 Å². The third-order valence-corrected chi connectivity index (χ3v) is 5.77. The molecule has 1 aliphatic heterocycles. The maximum Gasteiger partial charge on any atom is 0.283 e. The lowest BCUT2D eigenvalue weighted by Crippen LogP contribution is -2.52. The first-order chi connectivity index (χ1) is 12.9. The van der Waals surface area contributed by atoms with Crippen LogP contribution < -0.4 is 5.73 Å². The van der Waals surface area contributed by atoms with E-state index >= 15 is 0 Å². The van der Waals surface area contributed by atoms with Crippen LogP contribution in [0, 0.1) is 5.82 Å². The van der Waals surface area contributed by atoms with Gasteiger partial charge in [-0.15, -0.1) is 0 Å². The Morgan fingerprint density at radius 1 is 1.11 bits per heavy atom. The van der Waals surface area contributed by atoms with Crippen molar-refractivity contribution < 1.29 is 9.13 Å². The van der Waals surface area contributed by atoms with Gasteiger partial charge in [-0.2, -0.15) is 0 Å². The summed E-state index contributed by atoms with van der Waals surface area (Å²) >= 11 is 5.92. The van der Waals surface area contributed by atoms with Crippen LogP contribution >= 0.6 is 11.6 Å². The van der Waals surface area contributed by atoms with E-state index in [1.54, 1.807) is 6.07 Å². The second-order valence-corrected chi connectivity index (χ2v) is 8.10. The van der Waals surface area contributed by atoms with Crippen LogP contribution in [0.5, 0.6) is 0 Å². The smallest absolute Gasteiger partial charge is 0.283 e. The largest absolute Gasteiger partial charge is 0.459 e. The second-order valence-electron chi connectivity index (χ2n) is 7.66. The molecule has 140 valence electrons. The summed E-state index contributed by atoms with van der Waals surface area (Å²) in [7, 11) is 0. The normalized spacial score (nSPS) is 23.7. The molecule has 1 atom stereocenters. The Hall–Kier alpha value is -2.33. The van der Waals surface area contributed by atoms with Crippen molar-refractivity contribution in [2.45, 2.75) is 43.7 Å². The van der Waals surface area contributed by atoms with Crippen LogP contribution in [0.15, 0.2) is 47.5 Å². The number of aliphatic imine (C=N–C) groups is 1. The Kier molecular flexibility index (Phi) is 4.47. The molecule has 3 nitrogen and oxygen atoms in total. The van der Waals surface area contributed by atoms with Gasteiger partial charge in [0.25, 0.3) is 6.02 Å². The molecule has 2 aromatic rings. The van der Waals surface area contributed by atoms with Crippen LogP contribution in [0.1, 0.15) is 49.3 Å². The summed E-state index contributed by atoms with van der Waals surface area (Å²) < 4.78 is 20.5. The Labute approximate surface area is 163 Å². The zero-order valence-corrected chi connectivity index (χ0v) is 16.0. The van der Waals surface area contributed by atoms with Gasteiger partial charge in [0, 0.05) is 17.0 Å². The molecule has 5 heteroatoms. The SMILES string of the molecule is C[C@@]1(c2cc(/C=C/c3ccc(Cl)cc3)ccc2F)CC2(CCC2)OC(N)=N1. The topological polar surface area (TPSA) is 47.6 Å². The highest BCUT2D eigenvalue weighted by molar-refractivity contribution is 6.30. The average molecular weight is 385 g/mol. The van der Waals surface area contributed by atoms with Gasteiger partial charge in [-0.1, -0.05) is 42.0 Å². The number of nitrogens with zero attached hydrogens (tertiary/aromatic N) is 1. The number of benzene rings is 2. The minimum absolute atomic E-state index is 0.157. The maximum absolute atomic E-state index is 14.7. The Morgan fingerprint density at radius 3 is 2.44 bits per heavy atom. The molecule has 0 aromatic heterocycles. The minimum Gasteiger partial charge on any atom is -0.459 e. The average Bonchev–Trinajstić information content (AvgIpc) is 2.60. The van der Waals surface area contributed by atoms with Crippen molar-refractivity contribution >= 4 is 29.8 Å². The summed E-state index contributed by atoms with van der Waals surface area (Å²) in [6.07, 6.45) is 7.57. The molecule has 0 bridgehead atoms. The first-order valence-corrected chi connectivity index (χ1v) is 9.53. The predicted octanol–water partition coefficient (Wildman–Crippen LogP) is 5.52. The van der Waals surface area contributed by atoms with Gasteiger partial charge in [-0.25, -0.2) is 9.38 Å². The summed E-state index contributed by atoms with van der Waals surface area (Å²) in [4.78, 5) is 4.49. The number of amidine groups is 1. The fourth-order valence-corrected chi connectivity index (χ4v) is 4.15. The molecule has 0 amide bonds. The fraction of sp³-hybridized carbons (Fsp3) is 0.318. The standard InChI is InChI=1S/C22H22ClFN2O/c1-21(14-22(11-2-12-22)27-20(25)26-21)18-13-16(7-10-19(18)24)4-3-15-5-8-17(23)9-6-15/h3-10,13H,2,11-12,14H2,1H3,(H2,25,26)/b4-3+/t21-/m0/s1. The molecule has 2 aliphatic rings. The molecule has 1 spiro atoms. The molecular formula is C22H22ClFN2O. The highest BCUT2D eigenvalue weighted by Crippen LogP contribution is 2.49. The summed E-state index contributed by atoms with van der Waals surface area (Å²) in [5, 5.41) is 0.698. The van der Waals surface area contributed by atoms with Crippen molar-refractivity contribution in [3.05, 3.63) is 70.0 Å². The lowest BCUT2D eigenvalue weighted by atomic mass is 9.69. The van der Waals surface area contributed by atoms with Crippen LogP contribution in [0.3, 0.4) is 0 Å². The molecule has 2 aromatic carbocycles. The van der Waals surface area contributed by atoms with E-state index in [4.69, 9.17) is 22.1 Å². The molecule has 1 aliphatic carbocycles. The second kappa shape index (κ2) is 6.68. The van der Waals surface area contributed by atoms with E-state index in [1.165, 1.54) is 6.07 Å². The van der Waals surface area contributed by atoms with Gasteiger partial charge in [0.2, 0.25) is 0 Å². The van der Waals surface area contributed by atoms with E-state index < -0.39 is 5.54 Å². The molecule has 1 saturated carbocycles. The Morgan fingerprint density at radius 2 is 1.78 bits per heavy atom. The monoisotopic (exact) mass is 384 g/mol. The van der Waals surface area contributed by atoms with Crippen molar-refractivity contribution in [1.29, 1.82) is 0 Å². The van der Waals surface area contributed by atoms with E-state index in [-0.39, 0.29) is 17.4 Å². The summed E-state index contributed by atoms with van der Waals surface area (Å²) in [5.41, 5.74) is 7.42. The zero-order valence-electron chi connectivity index (χ0n) is 15.2. The highest BCUT2D eigenvalue weighted by atomic mass is 35.5. The van der Waals surface area contributed by atoms with Crippen molar-refractivity contribution in [3.8, 4) is 0 Å². The first kappa shape index (κ1) is 18.1. The molecule has 0 radical (unpaired) electrons. The number of ether oxygens (including phenoxy) is 1. The van der Waals surface area contributed by atoms with Crippen LogP contribution in [-0.2, 0) is 10.3 Å². The van der Waals surface area contributed by atoms with Gasteiger partial charge in [0.15, 0.2) is 0 Å². The van der Waals surface area contributed by atoms with Crippen molar-refractivity contribution in [2.75, 3.05) is 0 Å². The fourth-order valence-electron chi connectivity index (χ4n) is 4.02. The van der Waals surface area contributed by atoms with Gasteiger partial charge < -0.3 is 10.5 Å². The van der Waals surface area contributed by atoms with Crippen molar-refractivity contribution in [1.82, 2.24) is 0 Å². The zero-order chi connectivity index (χ0) is 19.1. The van der Waals surface area contributed by atoms with Crippen molar-refractivity contribution in [2.24, 2.45) is 10.7 Å². The number of halogens is 2. The summed E-state index contributed by atoms with van der Waals surface area (Å²) in [6.45, 7) is 1.94. The van der Waals surface area contributed by atoms with Gasteiger partial charge in [-0.3, -0.25) is 0 Å². The van der Waals surface area contributed by atoms with Gasteiger partial charge in [0.05, 0.1) is 5.54 Å². The number of hydrogen-bond donors (Lipinski definition) is 1. The molecular weight excluding hydrogens is 363 g/mol. The van der Waals surface area contributed by atoms with Crippen molar-refractivity contribution in [3.63, 3.8) is 0 Å². The molecule has 1 heterocycles. The molecule has 1 fully saturated rings. The van der Waals surface area contributed by atoms with E-state index in [1.807, 2.05) is 49.4 Å².